The van der Waals surface area contributed by atoms with Crippen molar-refractivity contribution in [1.82, 2.24) is 10.3 Å². The highest BCUT2D eigenvalue weighted by molar-refractivity contribution is 7.99. The summed E-state index contributed by atoms with van der Waals surface area (Å²) < 4.78 is 5.79. The van der Waals surface area contributed by atoms with Crippen LogP contribution in [-0.4, -0.2) is 24.0 Å². The van der Waals surface area contributed by atoms with Crippen LogP contribution >= 0.6 is 11.8 Å². The third kappa shape index (κ3) is 4.49. The Morgan fingerprint density at radius 3 is 2.70 bits per heavy atom. The predicted octanol–water partition coefficient (Wildman–Crippen LogP) is 4.21. The van der Waals surface area contributed by atoms with Gasteiger partial charge in [-0.05, 0) is 54.4 Å². The average molecular weight is 376 g/mol. The summed E-state index contributed by atoms with van der Waals surface area (Å²) in [6.45, 7) is 1.24. The molecule has 0 saturated carbocycles. The van der Waals surface area contributed by atoms with Gasteiger partial charge >= 0.3 is 0 Å². The molecule has 1 aliphatic rings. The number of para-hydroxylation sites is 1. The van der Waals surface area contributed by atoms with E-state index in [9.17, 15) is 4.79 Å². The van der Waals surface area contributed by atoms with Gasteiger partial charge in [-0.2, -0.15) is 0 Å². The fourth-order valence-corrected chi connectivity index (χ4v) is 3.84. The molecule has 1 unspecified atom stereocenters. The van der Waals surface area contributed by atoms with E-state index < -0.39 is 0 Å². The van der Waals surface area contributed by atoms with Gasteiger partial charge in [-0.3, -0.25) is 4.79 Å². The van der Waals surface area contributed by atoms with Gasteiger partial charge in [0.25, 0.3) is 5.91 Å². The third-order valence-corrected chi connectivity index (χ3v) is 5.44. The molecule has 1 amide bonds. The van der Waals surface area contributed by atoms with Gasteiger partial charge in [0, 0.05) is 29.1 Å². The van der Waals surface area contributed by atoms with Crippen molar-refractivity contribution >= 4 is 17.7 Å². The molecule has 1 N–H and O–H groups in total. The van der Waals surface area contributed by atoms with Crippen LogP contribution in [0.5, 0.6) is 5.75 Å². The Morgan fingerprint density at radius 2 is 1.89 bits per heavy atom. The minimum atomic E-state index is -0.0526. The number of nitrogens with zero attached hydrogens (tertiary/aromatic N) is 1. The summed E-state index contributed by atoms with van der Waals surface area (Å²) in [5.41, 5.74) is 1.87. The number of hydrogen-bond acceptors (Lipinski definition) is 4. The standard InChI is InChI=1S/C22H20N2O2S/c25-22(24-14-16-13-18-5-1-2-6-20(18)26-15-16)17-8-10-19(11-9-17)27-21-7-3-4-12-23-21/h1-12,16H,13-15H2,(H,24,25). The van der Waals surface area contributed by atoms with Crippen molar-refractivity contribution in [3.05, 3.63) is 84.1 Å². The van der Waals surface area contributed by atoms with E-state index in [0.29, 0.717) is 24.6 Å². The Labute approximate surface area is 163 Å². The zero-order valence-electron chi connectivity index (χ0n) is 14.8. The first-order valence-corrected chi connectivity index (χ1v) is 9.77. The number of ether oxygens (including phenoxy) is 1. The van der Waals surface area contributed by atoms with E-state index in [1.54, 1.807) is 18.0 Å². The van der Waals surface area contributed by atoms with E-state index in [1.807, 2.05) is 60.7 Å². The topological polar surface area (TPSA) is 51.2 Å². The van der Waals surface area contributed by atoms with Gasteiger partial charge in [0.2, 0.25) is 0 Å². The average Bonchev–Trinajstić information content (AvgIpc) is 2.73. The summed E-state index contributed by atoms with van der Waals surface area (Å²) >= 11 is 1.58. The quantitative estimate of drug-likeness (QED) is 0.725. The number of hydrogen-bond donors (Lipinski definition) is 1. The molecule has 0 fully saturated rings. The molecule has 1 atom stereocenters. The maximum atomic E-state index is 12.4. The summed E-state index contributed by atoms with van der Waals surface area (Å²) in [5, 5.41) is 3.97. The number of rotatable bonds is 5. The van der Waals surface area contributed by atoms with Gasteiger partial charge in [0.15, 0.2) is 0 Å². The zero-order chi connectivity index (χ0) is 18.5. The van der Waals surface area contributed by atoms with Crippen LogP contribution < -0.4 is 10.1 Å². The first kappa shape index (κ1) is 17.6. The van der Waals surface area contributed by atoms with Crippen LogP contribution in [0.4, 0.5) is 0 Å². The molecule has 1 aliphatic heterocycles. The molecule has 27 heavy (non-hydrogen) atoms. The van der Waals surface area contributed by atoms with E-state index in [0.717, 1.165) is 22.1 Å². The second-order valence-corrected chi connectivity index (χ2v) is 7.59. The Morgan fingerprint density at radius 1 is 1.07 bits per heavy atom. The largest absolute Gasteiger partial charge is 0.493 e. The number of benzene rings is 2. The second kappa shape index (κ2) is 8.27. The van der Waals surface area contributed by atoms with Gasteiger partial charge in [-0.15, -0.1) is 0 Å². The zero-order valence-corrected chi connectivity index (χ0v) is 15.6. The lowest BCUT2D eigenvalue weighted by Crippen LogP contribution is -2.34. The van der Waals surface area contributed by atoms with Crippen molar-refractivity contribution in [3.63, 3.8) is 0 Å². The van der Waals surface area contributed by atoms with Gasteiger partial charge < -0.3 is 10.1 Å². The van der Waals surface area contributed by atoms with Crippen LogP contribution in [0.1, 0.15) is 15.9 Å². The van der Waals surface area contributed by atoms with E-state index in [1.165, 1.54) is 5.56 Å². The number of carbonyl (C=O) groups excluding carboxylic acids is 1. The molecule has 0 aliphatic carbocycles. The number of carbonyl (C=O) groups is 1. The van der Waals surface area contributed by atoms with E-state index in [2.05, 4.69) is 16.4 Å². The predicted molar refractivity (Wildman–Crippen MR) is 106 cm³/mol. The molecule has 2 heterocycles. The molecule has 0 radical (unpaired) electrons. The normalized spacial score (nSPS) is 15.5. The fourth-order valence-electron chi connectivity index (χ4n) is 3.06. The van der Waals surface area contributed by atoms with Crippen LogP contribution in [0, 0.1) is 5.92 Å². The molecule has 3 aromatic rings. The third-order valence-electron chi connectivity index (χ3n) is 4.48. The van der Waals surface area contributed by atoms with Gasteiger partial charge in [0.05, 0.1) is 6.61 Å². The highest BCUT2D eigenvalue weighted by Crippen LogP contribution is 2.27. The number of aromatic nitrogens is 1. The van der Waals surface area contributed by atoms with Gasteiger partial charge in [0.1, 0.15) is 10.8 Å². The van der Waals surface area contributed by atoms with E-state index in [-0.39, 0.29) is 5.91 Å². The van der Waals surface area contributed by atoms with Crippen molar-refractivity contribution in [3.8, 4) is 5.75 Å². The molecule has 0 bridgehead atoms. The summed E-state index contributed by atoms with van der Waals surface area (Å²) in [5.74, 6) is 1.20. The number of nitrogens with one attached hydrogen (secondary N) is 1. The van der Waals surface area contributed by atoms with Crippen molar-refractivity contribution in [2.45, 2.75) is 16.3 Å². The maximum Gasteiger partial charge on any atom is 0.251 e. The molecule has 2 aromatic carbocycles. The summed E-state index contributed by atoms with van der Waals surface area (Å²) in [6, 6.07) is 21.5. The van der Waals surface area contributed by atoms with Crippen molar-refractivity contribution in [2.75, 3.05) is 13.2 Å². The Hall–Kier alpha value is -2.79. The lowest BCUT2D eigenvalue weighted by Gasteiger charge is -2.25. The molecule has 5 heteroatoms. The first-order chi connectivity index (χ1) is 13.3. The summed E-state index contributed by atoms with van der Waals surface area (Å²) in [4.78, 5) is 17.8. The van der Waals surface area contributed by atoms with Crippen molar-refractivity contribution < 1.29 is 9.53 Å². The SMILES string of the molecule is O=C(NCC1COc2ccccc2C1)c1ccc(Sc2ccccn2)cc1. The Kier molecular flexibility index (Phi) is 5.39. The monoisotopic (exact) mass is 376 g/mol. The Bertz CT molecular complexity index is 913. The number of fused-ring (bicyclic) bond motifs is 1. The molecule has 4 rings (SSSR count). The highest BCUT2D eigenvalue weighted by atomic mass is 32.2. The van der Waals surface area contributed by atoms with Crippen LogP contribution in [-0.2, 0) is 6.42 Å². The maximum absolute atomic E-state index is 12.4. The number of pyridine rings is 1. The lowest BCUT2D eigenvalue weighted by atomic mass is 9.96. The second-order valence-electron chi connectivity index (χ2n) is 6.49. The fraction of sp³-hybridized carbons (Fsp3) is 0.182. The van der Waals surface area contributed by atoms with Crippen LogP contribution in [0.3, 0.4) is 0 Å². The highest BCUT2D eigenvalue weighted by Gasteiger charge is 2.20. The smallest absolute Gasteiger partial charge is 0.251 e. The van der Waals surface area contributed by atoms with Crippen molar-refractivity contribution in [2.24, 2.45) is 5.92 Å². The summed E-state index contributed by atoms with van der Waals surface area (Å²) in [6.07, 6.45) is 2.70. The van der Waals surface area contributed by atoms with Gasteiger partial charge in [-0.1, -0.05) is 36.0 Å². The van der Waals surface area contributed by atoms with E-state index in [4.69, 9.17) is 4.74 Å². The molecule has 0 saturated heterocycles. The van der Waals surface area contributed by atoms with Gasteiger partial charge in [-0.25, -0.2) is 4.98 Å². The molecule has 4 nitrogen and oxygen atoms in total. The molecular formula is C22H20N2O2S. The van der Waals surface area contributed by atoms with Crippen LogP contribution in [0.15, 0.2) is 82.8 Å². The minimum Gasteiger partial charge on any atom is -0.493 e. The molecule has 136 valence electrons. The Balaban J connectivity index is 1.31. The molecule has 0 spiro atoms. The molecular weight excluding hydrogens is 356 g/mol. The summed E-state index contributed by atoms with van der Waals surface area (Å²) in [7, 11) is 0. The lowest BCUT2D eigenvalue weighted by molar-refractivity contribution is 0.0939. The van der Waals surface area contributed by atoms with Crippen LogP contribution in [0.25, 0.3) is 0 Å². The van der Waals surface area contributed by atoms with Crippen LogP contribution in [0.2, 0.25) is 0 Å². The minimum absolute atomic E-state index is 0.0526. The number of amides is 1. The van der Waals surface area contributed by atoms with E-state index >= 15 is 0 Å². The van der Waals surface area contributed by atoms with Crippen molar-refractivity contribution in [1.29, 1.82) is 0 Å². The molecule has 1 aromatic heterocycles. The first-order valence-electron chi connectivity index (χ1n) is 8.96.